The molecule has 156 valence electrons. The predicted octanol–water partition coefficient (Wildman–Crippen LogP) is 4.06. The summed E-state index contributed by atoms with van der Waals surface area (Å²) in [5, 5.41) is 17.5. The van der Waals surface area contributed by atoms with E-state index in [1.165, 1.54) is 6.42 Å². The fourth-order valence-electron chi connectivity index (χ4n) is 3.80. The van der Waals surface area contributed by atoms with Crippen molar-refractivity contribution in [2.45, 2.75) is 59.3 Å². The molecule has 0 aromatic heterocycles. The first-order valence-electron chi connectivity index (χ1n) is 10.2. The van der Waals surface area contributed by atoms with Crippen molar-refractivity contribution in [3.8, 4) is 0 Å². The minimum absolute atomic E-state index is 0.117. The molecule has 7 heteroatoms. The molecule has 2 N–H and O–H groups in total. The molecule has 1 aliphatic heterocycles. The van der Waals surface area contributed by atoms with E-state index < -0.39 is 24.0 Å². The first-order valence-corrected chi connectivity index (χ1v) is 10.2. The van der Waals surface area contributed by atoms with Crippen LogP contribution in [0.1, 0.15) is 64.0 Å². The van der Waals surface area contributed by atoms with E-state index in [9.17, 15) is 19.5 Å². The molecule has 2 amide bonds. The van der Waals surface area contributed by atoms with E-state index >= 15 is 0 Å². The predicted molar refractivity (Wildman–Crippen MR) is 111 cm³/mol. The maximum Gasteiger partial charge on any atom is 0.342 e. The smallest absolute Gasteiger partial charge is 0.342 e. The molecule has 1 aliphatic carbocycles. The van der Waals surface area contributed by atoms with Gasteiger partial charge in [-0.1, -0.05) is 52.2 Å². The van der Waals surface area contributed by atoms with E-state index in [1.807, 2.05) is 39.0 Å². The molecule has 2 aliphatic rings. The SMILES string of the molecule is CC(C)(C)C(=O)Cc1ccc2c(c1)NC(=O)N(CC(=O)O)N=C2C1CCCCC1. The van der Waals surface area contributed by atoms with E-state index in [4.69, 9.17) is 0 Å². The first kappa shape index (κ1) is 21.0. The minimum Gasteiger partial charge on any atom is -0.480 e. The van der Waals surface area contributed by atoms with Gasteiger partial charge in [0.25, 0.3) is 0 Å². The Morgan fingerprint density at radius 1 is 1.21 bits per heavy atom. The van der Waals surface area contributed by atoms with Crippen molar-refractivity contribution in [3.05, 3.63) is 29.3 Å². The van der Waals surface area contributed by atoms with Crippen molar-refractivity contribution in [1.82, 2.24) is 5.01 Å². The lowest BCUT2D eigenvalue weighted by Crippen LogP contribution is -2.34. The van der Waals surface area contributed by atoms with Gasteiger partial charge in [0.1, 0.15) is 12.3 Å². The second-order valence-corrected chi connectivity index (χ2v) is 8.93. The van der Waals surface area contributed by atoms with Crippen LogP contribution in [-0.2, 0) is 16.0 Å². The Labute approximate surface area is 171 Å². The molecule has 1 aromatic carbocycles. The molecular formula is C22H29N3O4. The van der Waals surface area contributed by atoms with E-state index in [0.717, 1.165) is 47.5 Å². The highest BCUT2D eigenvalue weighted by Crippen LogP contribution is 2.33. The van der Waals surface area contributed by atoms with Crippen LogP contribution in [0.3, 0.4) is 0 Å². The molecule has 1 aromatic rings. The number of nitrogens with one attached hydrogen (secondary N) is 1. The van der Waals surface area contributed by atoms with Crippen molar-refractivity contribution in [2.75, 3.05) is 11.9 Å². The van der Waals surface area contributed by atoms with Gasteiger partial charge in [0, 0.05) is 23.3 Å². The monoisotopic (exact) mass is 399 g/mol. The fraction of sp³-hybridized carbons (Fsp3) is 0.545. The number of carboxylic acids is 1. The van der Waals surface area contributed by atoms with Gasteiger partial charge in [0.15, 0.2) is 0 Å². The standard InChI is InChI=1S/C22H29N3O4/c1-22(2,3)18(26)12-14-9-10-16-17(11-14)23-21(29)25(13-19(27)28)24-20(16)15-7-5-4-6-8-15/h9-11,15H,4-8,12-13H2,1-3H3,(H,23,29)(H,27,28). The van der Waals surface area contributed by atoms with Crippen molar-refractivity contribution in [2.24, 2.45) is 16.4 Å². The Morgan fingerprint density at radius 2 is 1.90 bits per heavy atom. The Hall–Kier alpha value is -2.70. The summed E-state index contributed by atoms with van der Waals surface area (Å²) >= 11 is 0. The molecule has 0 spiro atoms. The Bertz CT molecular complexity index is 848. The quantitative estimate of drug-likeness (QED) is 0.780. The summed E-state index contributed by atoms with van der Waals surface area (Å²) in [5.41, 5.74) is 2.53. The number of amides is 2. The van der Waals surface area contributed by atoms with Gasteiger partial charge >= 0.3 is 12.0 Å². The highest BCUT2D eigenvalue weighted by Gasteiger charge is 2.30. The zero-order chi connectivity index (χ0) is 21.2. The van der Waals surface area contributed by atoms with Crippen molar-refractivity contribution in [3.63, 3.8) is 0 Å². The maximum atomic E-state index is 12.6. The van der Waals surface area contributed by atoms with Crippen LogP contribution in [0.15, 0.2) is 23.3 Å². The number of nitrogens with zero attached hydrogens (tertiary/aromatic N) is 2. The summed E-state index contributed by atoms with van der Waals surface area (Å²) in [6, 6.07) is 5.05. The fourth-order valence-corrected chi connectivity index (χ4v) is 3.80. The van der Waals surface area contributed by atoms with Gasteiger partial charge in [0.2, 0.25) is 0 Å². The third kappa shape index (κ3) is 5.02. The number of benzene rings is 1. The van der Waals surface area contributed by atoms with Gasteiger partial charge < -0.3 is 10.4 Å². The van der Waals surface area contributed by atoms with E-state index in [0.29, 0.717) is 5.69 Å². The summed E-state index contributed by atoms with van der Waals surface area (Å²) in [6.45, 7) is 5.17. The molecule has 1 saturated carbocycles. The van der Waals surface area contributed by atoms with Crippen LogP contribution < -0.4 is 5.32 Å². The van der Waals surface area contributed by atoms with Crippen molar-refractivity contribution < 1.29 is 19.5 Å². The number of carboxylic acid groups (broad SMARTS) is 1. The van der Waals surface area contributed by atoms with Crippen molar-refractivity contribution >= 4 is 29.2 Å². The molecule has 3 rings (SSSR count). The third-order valence-corrected chi connectivity index (χ3v) is 5.54. The van der Waals surface area contributed by atoms with Gasteiger partial charge in [-0.2, -0.15) is 5.10 Å². The number of carbonyl (C=O) groups is 3. The molecule has 1 fully saturated rings. The number of carbonyl (C=O) groups excluding carboxylic acids is 2. The Balaban J connectivity index is 1.98. The summed E-state index contributed by atoms with van der Waals surface area (Å²) in [6.07, 6.45) is 5.59. The average molecular weight is 399 g/mol. The Kier molecular flexibility index (Phi) is 6.05. The number of anilines is 1. The minimum atomic E-state index is -1.12. The first-order chi connectivity index (χ1) is 13.6. The topological polar surface area (TPSA) is 99.1 Å². The third-order valence-electron chi connectivity index (χ3n) is 5.54. The lowest BCUT2D eigenvalue weighted by molar-refractivity contribution is -0.137. The van der Waals surface area contributed by atoms with Gasteiger partial charge in [-0.25, -0.2) is 9.80 Å². The highest BCUT2D eigenvalue weighted by atomic mass is 16.4. The molecular weight excluding hydrogens is 370 g/mol. The van der Waals surface area contributed by atoms with Gasteiger partial charge in [0.05, 0.1) is 11.4 Å². The van der Waals surface area contributed by atoms with Crippen LogP contribution in [0.4, 0.5) is 10.5 Å². The molecule has 7 nitrogen and oxygen atoms in total. The van der Waals surface area contributed by atoms with E-state index in [2.05, 4.69) is 10.4 Å². The summed E-state index contributed by atoms with van der Waals surface area (Å²) < 4.78 is 0. The highest BCUT2D eigenvalue weighted by molar-refractivity contribution is 6.11. The number of rotatable bonds is 5. The summed E-state index contributed by atoms with van der Waals surface area (Å²) in [7, 11) is 0. The summed E-state index contributed by atoms with van der Waals surface area (Å²) in [4.78, 5) is 36.3. The largest absolute Gasteiger partial charge is 0.480 e. The second-order valence-electron chi connectivity index (χ2n) is 8.93. The average Bonchev–Trinajstić information content (AvgIpc) is 2.77. The number of fused-ring (bicyclic) bond motifs is 1. The summed E-state index contributed by atoms with van der Waals surface area (Å²) in [5.74, 6) is -0.811. The van der Waals surface area contributed by atoms with Crippen LogP contribution >= 0.6 is 0 Å². The Morgan fingerprint density at radius 3 is 2.52 bits per heavy atom. The van der Waals surface area contributed by atoms with Crippen LogP contribution in [0, 0.1) is 11.3 Å². The van der Waals surface area contributed by atoms with Crippen LogP contribution in [0.2, 0.25) is 0 Å². The number of aliphatic carboxylic acids is 1. The molecule has 0 radical (unpaired) electrons. The number of hydrogen-bond donors (Lipinski definition) is 2. The van der Waals surface area contributed by atoms with Crippen LogP contribution in [-0.4, -0.2) is 40.2 Å². The van der Waals surface area contributed by atoms with Crippen LogP contribution in [0.25, 0.3) is 0 Å². The number of hydrogen-bond acceptors (Lipinski definition) is 4. The molecule has 29 heavy (non-hydrogen) atoms. The molecule has 0 unspecified atom stereocenters. The van der Waals surface area contributed by atoms with Crippen molar-refractivity contribution in [1.29, 1.82) is 0 Å². The number of hydrazone groups is 1. The second kappa shape index (κ2) is 8.35. The van der Waals surface area contributed by atoms with Gasteiger partial charge in [-0.05, 0) is 24.5 Å². The van der Waals surface area contributed by atoms with Gasteiger partial charge in [-0.3, -0.25) is 9.59 Å². The zero-order valence-electron chi connectivity index (χ0n) is 17.3. The molecule has 0 bridgehead atoms. The molecule has 1 heterocycles. The normalized spacial score (nSPS) is 17.8. The molecule has 0 saturated heterocycles. The lowest BCUT2D eigenvalue weighted by Gasteiger charge is -2.24. The van der Waals surface area contributed by atoms with E-state index in [-0.39, 0.29) is 18.1 Å². The van der Waals surface area contributed by atoms with E-state index in [1.54, 1.807) is 0 Å². The number of ketones is 1. The van der Waals surface area contributed by atoms with Crippen LogP contribution in [0.5, 0.6) is 0 Å². The lowest BCUT2D eigenvalue weighted by atomic mass is 9.82. The number of Topliss-reactive ketones (excluding diaryl/α,β-unsaturated/α-hetero) is 1. The number of urea groups is 1. The molecule has 0 atom stereocenters. The van der Waals surface area contributed by atoms with Gasteiger partial charge in [-0.15, -0.1) is 0 Å². The zero-order valence-corrected chi connectivity index (χ0v) is 17.3. The maximum absolute atomic E-state index is 12.6.